The van der Waals surface area contributed by atoms with Gasteiger partial charge in [0.1, 0.15) is 5.78 Å². The highest BCUT2D eigenvalue weighted by Gasteiger charge is 2.39. The van der Waals surface area contributed by atoms with Gasteiger partial charge in [0.2, 0.25) is 0 Å². The standard InChI is InChI=1S/C22H35FO5/c1-4-5-13-22(2,27)14-7-10-18-17(19(24)15-20(18)25)9-6-8-16(23)11-12-21(26)28-3/h7-8,10,17-18,20,25,27H,4-6,9,11-15H2,1-3H3/b10-7+,16-8+/t17-,18-,20-,22+/m1/s1. The molecule has 0 unspecified atom stereocenters. The minimum Gasteiger partial charge on any atom is -0.469 e. The summed E-state index contributed by atoms with van der Waals surface area (Å²) < 4.78 is 18.2. The Balaban J connectivity index is 2.57. The Hall–Kier alpha value is -1.53. The fourth-order valence-electron chi connectivity index (χ4n) is 3.58. The molecule has 0 radical (unpaired) electrons. The molecule has 0 aromatic carbocycles. The van der Waals surface area contributed by atoms with Gasteiger partial charge in [0.15, 0.2) is 0 Å². The Bertz CT molecular complexity index is 567. The zero-order valence-electron chi connectivity index (χ0n) is 17.3. The molecule has 1 aliphatic rings. The van der Waals surface area contributed by atoms with E-state index in [0.717, 1.165) is 12.8 Å². The number of carbonyl (C=O) groups excluding carboxylic acids is 2. The van der Waals surface area contributed by atoms with Crippen LogP contribution in [-0.4, -0.2) is 40.8 Å². The zero-order valence-corrected chi connectivity index (χ0v) is 17.3. The summed E-state index contributed by atoms with van der Waals surface area (Å²) in [4.78, 5) is 23.2. The maximum atomic E-state index is 13.8. The number of carbonyl (C=O) groups is 2. The molecule has 2 N–H and O–H groups in total. The molecular formula is C22H35FO5. The first-order valence-corrected chi connectivity index (χ1v) is 10.2. The summed E-state index contributed by atoms with van der Waals surface area (Å²) in [5, 5.41) is 20.6. The number of hydrogen-bond acceptors (Lipinski definition) is 5. The monoisotopic (exact) mass is 398 g/mol. The van der Waals surface area contributed by atoms with Gasteiger partial charge in [-0.2, -0.15) is 0 Å². The largest absolute Gasteiger partial charge is 0.469 e. The van der Waals surface area contributed by atoms with Crippen molar-refractivity contribution in [1.82, 2.24) is 0 Å². The second-order valence-corrected chi connectivity index (χ2v) is 7.96. The van der Waals surface area contributed by atoms with Crippen LogP contribution in [0.2, 0.25) is 0 Å². The van der Waals surface area contributed by atoms with Gasteiger partial charge in [-0.15, -0.1) is 0 Å². The molecule has 4 atom stereocenters. The SMILES string of the molecule is CCCC[C@](C)(O)C/C=C/[C@H]1[C@H](O)CC(=O)[C@@H]1CC/C=C(/F)CCC(=O)OC. The van der Waals surface area contributed by atoms with Crippen LogP contribution in [0.4, 0.5) is 4.39 Å². The predicted octanol–water partition coefficient (Wildman–Crippen LogP) is 4.03. The third-order valence-corrected chi connectivity index (χ3v) is 5.36. The number of halogens is 1. The van der Waals surface area contributed by atoms with E-state index >= 15 is 0 Å². The van der Waals surface area contributed by atoms with Crippen molar-refractivity contribution in [3.63, 3.8) is 0 Å². The highest BCUT2D eigenvalue weighted by Crippen LogP contribution is 2.34. The first kappa shape index (κ1) is 24.5. The average Bonchev–Trinajstić information content (AvgIpc) is 2.91. The molecule has 1 saturated carbocycles. The third-order valence-electron chi connectivity index (χ3n) is 5.36. The van der Waals surface area contributed by atoms with Gasteiger partial charge in [0.05, 0.1) is 31.1 Å². The van der Waals surface area contributed by atoms with Gasteiger partial charge in [-0.3, -0.25) is 9.59 Å². The molecule has 1 rings (SSSR count). The number of hydrogen-bond donors (Lipinski definition) is 2. The molecule has 0 heterocycles. The minimum absolute atomic E-state index is 0.00984. The van der Waals surface area contributed by atoms with Gasteiger partial charge < -0.3 is 14.9 Å². The molecule has 0 aromatic heterocycles. The first-order chi connectivity index (χ1) is 13.2. The number of esters is 1. The smallest absolute Gasteiger partial charge is 0.305 e. The maximum absolute atomic E-state index is 13.8. The van der Waals surface area contributed by atoms with Crippen LogP contribution in [0.3, 0.4) is 0 Å². The van der Waals surface area contributed by atoms with E-state index in [1.807, 2.05) is 12.2 Å². The molecule has 0 aromatic rings. The Labute approximate surface area is 167 Å². The van der Waals surface area contributed by atoms with E-state index in [1.165, 1.54) is 13.2 Å². The molecule has 6 heteroatoms. The molecule has 0 saturated heterocycles. The molecule has 1 aliphatic carbocycles. The topological polar surface area (TPSA) is 83.8 Å². The maximum Gasteiger partial charge on any atom is 0.305 e. The number of ether oxygens (including phenoxy) is 1. The first-order valence-electron chi connectivity index (χ1n) is 10.2. The van der Waals surface area contributed by atoms with Crippen molar-refractivity contribution in [2.75, 3.05) is 7.11 Å². The van der Waals surface area contributed by atoms with Gasteiger partial charge in [-0.25, -0.2) is 4.39 Å². The molecule has 160 valence electrons. The van der Waals surface area contributed by atoms with Crippen LogP contribution in [0.15, 0.2) is 24.1 Å². The molecular weight excluding hydrogens is 363 g/mol. The Morgan fingerprint density at radius 2 is 2.11 bits per heavy atom. The van der Waals surface area contributed by atoms with Crippen LogP contribution in [0.25, 0.3) is 0 Å². The van der Waals surface area contributed by atoms with E-state index in [0.29, 0.717) is 25.7 Å². The second-order valence-electron chi connectivity index (χ2n) is 7.96. The molecule has 5 nitrogen and oxygen atoms in total. The minimum atomic E-state index is -0.791. The van der Waals surface area contributed by atoms with E-state index in [9.17, 15) is 24.2 Å². The fourth-order valence-corrected chi connectivity index (χ4v) is 3.58. The van der Waals surface area contributed by atoms with Crippen LogP contribution in [0.1, 0.15) is 71.6 Å². The van der Waals surface area contributed by atoms with Crippen LogP contribution in [-0.2, 0) is 14.3 Å². The van der Waals surface area contributed by atoms with E-state index < -0.39 is 23.5 Å². The van der Waals surface area contributed by atoms with Crippen LogP contribution in [0.5, 0.6) is 0 Å². The summed E-state index contributed by atoms with van der Waals surface area (Å²) in [6.07, 6.45) is 8.40. The van der Waals surface area contributed by atoms with Gasteiger partial charge in [-0.1, -0.05) is 38.0 Å². The molecule has 0 bridgehead atoms. The number of allylic oxidation sites excluding steroid dienone is 2. The summed E-state index contributed by atoms with van der Waals surface area (Å²) in [6.45, 7) is 3.87. The quantitative estimate of drug-likeness (QED) is 0.383. The van der Waals surface area contributed by atoms with Crippen molar-refractivity contribution in [3.05, 3.63) is 24.1 Å². The van der Waals surface area contributed by atoms with Crippen molar-refractivity contribution in [2.45, 2.75) is 83.3 Å². The molecule has 1 fully saturated rings. The van der Waals surface area contributed by atoms with Crippen molar-refractivity contribution >= 4 is 11.8 Å². The lowest BCUT2D eigenvalue weighted by Gasteiger charge is -2.22. The highest BCUT2D eigenvalue weighted by molar-refractivity contribution is 5.84. The lowest BCUT2D eigenvalue weighted by Crippen LogP contribution is -2.23. The fraction of sp³-hybridized carbons (Fsp3) is 0.727. The van der Waals surface area contributed by atoms with Gasteiger partial charge in [0, 0.05) is 24.7 Å². The average molecular weight is 399 g/mol. The second kappa shape index (κ2) is 12.1. The normalized spacial score (nSPS) is 25.3. The van der Waals surface area contributed by atoms with E-state index in [1.54, 1.807) is 6.92 Å². The molecule has 0 aliphatic heterocycles. The van der Waals surface area contributed by atoms with Crippen molar-refractivity contribution in [2.24, 2.45) is 11.8 Å². The highest BCUT2D eigenvalue weighted by atomic mass is 19.1. The van der Waals surface area contributed by atoms with Crippen LogP contribution < -0.4 is 0 Å². The van der Waals surface area contributed by atoms with Crippen LogP contribution >= 0.6 is 0 Å². The number of aliphatic hydroxyl groups excluding tert-OH is 1. The number of aliphatic hydroxyl groups is 2. The Morgan fingerprint density at radius 1 is 1.39 bits per heavy atom. The van der Waals surface area contributed by atoms with Gasteiger partial charge >= 0.3 is 5.97 Å². The van der Waals surface area contributed by atoms with Crippen molar-refractivity contribution in [3.8, 4) is 0 Å². The number of ketones is 1. The Morgan fingerprint density at radius 3 is 2.75 bits per heavy atom. The number of Topliss-reactive ketones (excluding diaryl/α,β-unsaturated/α-hetero) is 1. The van der Waals surface area contributed by atoms with Gasteiger partial charge in [0.25, 0.3) is 0 Å². The van der Waals surface area contributed by atoms with E-state index in [4.69, 9.17) is 0 Å². The molecule has 28 heavy (non-hydrogen) atoms. The zero-order chi connectivity index (χ0) is 21.2. The van der Waals surface area contributed by atoms with Crippen molar-refractivity contribution < 1.29 is 28.9 Å². The summed E-state index contributed by atoms with van der Waals surface area (Å²) in [7, 11) is 1.26. The van der Waals surface area contributed by atoms with Crippen LogP contribution in [0, 0.1) is 11.8 Å². The van der Waals surface area contributed by atoms with E-state index in [-0.39, 0.29) is 36.9 Å². The number of rotatable bonds is 12. The molecule has 0 amide bonds. The number of unbranched alkanes of at least 4 members (excludes halogenated alkanes) is 1. The lowest BCUT2D eigenvalue weighted by atomic mass is 9.88. The van der Waals surface area contributed by atoms with E-state index in [2.05, 4.69) is 11.7 Å². The Kier molecular flexibility index (Phi) is 10.6. The lowest BCUT2D eigenvalue weighted by molar-refractivity contribution is -0.140. The van der Waals surface area contributed by atoms with Crippen molar-refractivity contribution in [1.29, 1.82) is 0 Å². The summed E-state index contributed by atoms with van der Waals surface area (Å²) >= 11 is 0. The van der Waals surface area contributed by atoms with Gasteiger partial charge in [-0.05, 0) is 32.6 Å². The predicted molar refractivity (Wildman–Crippen MR) is 106 cm³/mol. The third kappa shape index (κ3) is 8.65. The summed E-state index contributed by atoms with van der Waals surface area (Å²) in [6, 6.07) is 0. The summed E-state index contributed by atoms with van der Waals surface area (Å²) in [5.41, 5.74) is -0.791. The summed E-state index contributed by atoms with van der Waals surface area (Å²) in [5.74, 6) is -1.52. The number of methoxy groups -OCH3 is 1. The molecule has 0 spiro atoms.